The molecule has 8 unspecified atom stereocenters. The third kappa shape index (κ3) is 29.6. The van der Waals surface area contributed by atoms with Crippen LogP contribution in [0, 0.1) is 133 Å². The maximum absolute atomic E-state index is 13.2. The van der Waals surface area contributed by atoms with Crippen LogP contribution in [0.3, 0.4) is 0 Å². The molecule has 2 saturated heterocycles. The van der Waals surface area contributed by atoms with Crippen LogP contribution in [0.5, 0.6) is 0 Å². The summed E-state index contributed by atoms with van der Waals surface area (Å²) < 4.78 is 43.0. The molecule has 0 aromatic carbocycles. The van der Waals surface area contributed by atoms with E-state index in [1.54, 1.807) is 82.7 Å². The van der Waals surface area contributed by atoms with Gasteiger partial charge in [0.25, 0.3) is 0 Å². The summed E-state index contributed by atoms with van der Waals surface area (Å²) in [6.07, 6.45) is 21.4. The van der Waals surface area contributed by atoms with Crippen LogP contribution in [0.25, 0.3) is 12.2 Å². The largest absolute Gasteiger partial charge is 0.462 e. The fourth-order valence-electron chi connectivity index (χ4n) is 17.1. The van der Waals surface area contributed by atoms with Crippen molar-refractivity contribution < 1.29 is 147 Å². The van der Waals surface area contributed by atoms with Gasteiger partial charge in [-0.15, -0.1) is 11.3 Å². The minimum atomic E-state index is -1.39. The molecule has 2 fully saturated rings. The number of cyclic esters (lactones) is 2. The third-order valence-electron chi connectivity index (χ3n) is 25.3. The zero-order valence-electron chi connectivity index (χ0n) is 74.7. The van der Waals surface area contributed by atoms with E-state index >= 15 is 0 Å². The molecule has 6 aliphatic rings. The Morgan fingerprint density at radius 3 is 2.14 bits per heavy atom. The van der Waals surface area contributed by atoms with Crippen molar-refractivity contribution >= 4 is 53.3 Å². The third-order valence-corrected chi connectivity index (χ3v) is 26.1. The summed E-state index contributed by atoms with van der Waals surface area (Å²) in [6, 6.07) is 0. The van der Waals surface area contributed by atoms with Crippen LogP contribution < -0.4 is 5.73 Å². The number of thiazole rings is 1. The van der Waals surface area contributed by atoms with Crippen molar-refractivity contribution in [3.63, 3.8) is 0 Å². The smallest absolute Gasteiger partial charge is 0.404 e. The number of Topliss-reactive ketones (excluding diaryl/α,β-unsaturated/α-hetero) is 1. The maximum atomic E-state index is 13.2. The SMILES string of the molecule is C/C1=C/C[C@@H](/C(C)=C/c2csc(C)n2)OC(=O)C[C@H](O)C(C)(C)C(=O)[C@H](C)[C@@H](O)[C@@H](C)CCC1.C=C/C=C\[C@H](C)C(OC(N)=O)[C@@H](C)C(O)[C@@H](C)C/C(C)=C\[C@H](C)[C@@H](O)[C@@H](C)/C=C\[C@@H](O)C[C@@H]1OC(=O)[C@H](C)[C@@H](O)[C@H]1C.CC1=CCC(C(C)C)[C@H]2/C=C(/COC3OCC(O)C(O)C3O)[C@@]3(C)C=C[C@](C)(O3)C(OC(=O)/C=C/c3cn(C)cn3)C[C@@H]12.[Ac]. The Morgan fingerprint density at radius 1 is 0.833 bits per heavy atom. The van der Waals surface area contributed by atoms with E-state index < -0.39 is 138 Å². The van der Waals surface area contributed by atoms with Gasteiger partial charge in [-0.1, -0.05) is 167 Å². The van der Waals surface area contributed by atoms with Crippen LogP contribution in [0.4, 0.5) is 4.79 Å². The predicted molar refractivity (Wildman–Crippen MR) is 460 cm³/mol. The molecule has 669 valence electrons. The quantitative estimate of drug-likeness (QED) is 0.0145. The molecule has 1 radical (unpaired) electrons. The first-order valence-electron chi connectivity index (χ1n) is 42.5. The molecule has 11 N–H and O–H groups in total. The molecule has 2 aromatic heterocycles. The predicted octanol–water partition coefficient (Wildman–Crippen LogP) is 12.7. The molecule has 25 nitrogen and oxygen atoms in total. The molecule has 27 heteroatoms. The molecular weight excluding hydrogens is 1770 g/mol. The van der Waals surface area contributed by atoms with E-state index in [1.807, 2.05) is 130 Å². The number of aryl methyl sites for hydroxylation is 2. The number of ketones is 1. The molecule has 1 amide bonds. The van der Waals surface area contributed by atoms with Gasteiger partial charge in [0.15, 0.2) is 6.29 Å². The summed E-state index contributed by atoms with van der Waals surface area (Å²) in [7, 11) is 1.87. The number of aliphatic hydroxyl groups is 9. The van der Waals surface area contributed by atoms with Crippen LogP contribution >= 0.6 is 11.3 Å². The zero-order valence-corrected chi connectivity index (χ0v) is 80.3. The minimum Gasteiger partial charge on any atom is -0.462 e. The van der Waals surface area contributed by atoms with Crippen molar-refractivity contribution in [1.82, 2.24) is 14.5 Å². The first kappa shape index (κ1) is 105. The molecule has 7 heterocycles. The number of carbonyl (C=O) groups is 5. The second-order valence-electron chi connectivity index (χ2n) is 36.0. The van der Waals surface area contributed by atoms with Crippen molar-refractivity contribution in [1.29, 1.82) is 0 Å². The first-order chi connectivity index (χ1) is 55.6. The van der Waals surface area contributed by atoms with Gasteiger partial charge in [0.05, 0.1) is 90.3 Å². The van der Waals surface area contributed by atoms with Crippen molar-refractivity contribution in [3.8, 4) is 0 Å². The molecule has 0 saturated carbocycles. The second kappa shape index (κ2) is 47.8. The number of hydrogen-bond acceptors (Lipinski definition) is 24. The fraction of sp³-hybridized carbons (Fsp3) is 0.667. The zero-order chi connectivity index (χ0) is 89.0. The topological polar surface area (TPSA) is 389 Å². The molecule has 2 bridgehead atoms. The van der Waals surface area contributed by atoms with Crippen LogP contribution in [-0.2, 0) is 59.4 Å². The summed E-state index contributed by atoms with van der Waals surface area (Å²) in [5.41, 5.74) is 8.99. The van der Waals surface area contributed by atoms with Gasteiger partial charge in [-0.25, -0.2) is 19.6 Å². The summed E-state index contributed by atoms with van der Waals surface area (Å²) >= 11 is 1.56. The van der Waals surface area contributed by atoms with Gasteiger partial charge in [-0.05, 0) is 159 Å². The Bertz CT molecular complexity index is 3970. The number of nitrogens with two attached hydrogens (primary N) is 1. The second-order valence-corrected chi connectivity index (χ2v) is 37.1. The van der Waals surface area contributed by atoms with Crippen LogP contribution in [0.1, 0.15) is 206 Å². The summed E-state index contributed by atoms with van der Waals surface area (Å²) in [6.45, 7) is 41.8. The van der Waals surface area contributed by atoms with E-state index in [-0.39, 0.29) is 129 Å². The van der Waals surface area contributed by atoms with E-state index in [0.717, 1.165) is 53.1 Å². The number of imidazole rings is 1. The van der Waals surface area contributed by atoms with Crippen molar-refractivity contribution in [3.05, 3.63) is 142 Å². The standard InChI is InChI=1S/C33H46N2O8.C33H55NO8.C27H41NO5S.Ac/c1-19(2)23-9-7-20(3)24-14-27(42-28(37)10-8-22-15-35(6)18-34-22)33(5)12-11-32(4,43-33)21(13-25(23)24)16-40-31-30(39)29(38)26(36)17-41-31;1-10-11-12-20(4)31(42-33(34)40)24(8)29(37)22(6)16-18(2)15-21(5)28(36)19(3)13-14-26(35)17-27-23(7)30(38)25(9)32(39)41-27;1-16-9-8-10-17(2)25(31)19(4)26(32)27(6,7)23(29)14-24(30)33-22(12-11-16)18(3)13-21-15-34-20(5)28-21;/h7-8,10-13,15,18-19,23-27,29-31,36,38-39H,9,14,16-17H2,1-6H3;10-15,19-31,35-38H,1,16-17H2,2-9H3,(H2,34,40);11,13,15,17,19,22-23,25,29,31H,8-10,12,14H2,1-7H3;/b10-8+,21-13-;12-11-,14-13-,18-15-;16-11-,18-13+;/t23?,24-,25+,26?,27?,29?,30?,31?,32+,33-;19-,20-,21-,22-,23-,24-,25+,26+,27-,28-,29?,30-,31?;17-,19+,22-,23-,25-;/m000./s1. The molecule has 2 aromatic rings. The number of allylic oxidation sites excluding steroid dienone is 7. The summed E-state index contributed by atoms with van der Waals surface area (Å²) in [5, 5.41) is 97.9. The number of aromatic nitrogens is 3. The Morgan fingerprint density at radius 2 is 1.52 bits per heavy atom. The number of amides is 1. The molecule has 28 atom stereocenters. The molecular formula is C93H142AcN4O21S. The average molecular weight is 1910 g/mol. The Labute approximate surface area is 752 Å². The fourth-order valence-corrected chi connectivity index (χ4v) is 17.7. The number of esters is 3. The van der Waals surface area contributed by atoms with E-state index in [0.29, 0.717) is 36.8 Å². The number of nitrogens with zero attached hydrogens (tertiary/aromatic N) is 3. The molecule has 120 heavy (non-hydrogen) atoms. The van der Waals surface area contributed by atoms with Crippen molar-refractivity contribution in [2.24, 2.45) is 95.1 Å². The number of aliphatic hydroxyl groups excluding tert-OH is 9. The van der Waals surface area contributed by atoms with Crippen molar-refractivity contribution in [2.75, 3.05) is 13.2 Å². The van der Waals surface area contributed by atoms with Gasteiger partial charge in [0.1, 0.15) is 59.7 Å². The number of carbonyl (C=O) groups excluding carboxylic acids is 5. The van der Waals surface area contributed by atoms with Crippen LogP contribution in [0.2, 0.25) is 0 Å². The van der Waals surface area contributed by atoms with Gasteiger partial charge < -0.3 is 89.4 Å². The number of fused-ring (bicyclic) bond motifs is 3. The average Bonchev–Trinajstić information content (AvgIpc) is 1.59. The van der Waals surface area contributed by atoms with Gasteiger partial charge in [-0.3, -0.25) is 14.4 Å². The normalized spacial score (nSPS) is 33.6. The monoisotopic (exact) mass is 1910 g/mol. The Kier molecular flexibility index (Phi) is 41.8. The summed E-state index contributed by atoms with van der Waals surface area (Å²) in [5.74, 6) is -3.51. The van der Waals surface area contributed by atoms with E-state index in [2.05, 4.69) is 62.5 Å². The molecule has 8 rings (SSSR count). The molecule has 0 spiro atoms. The maximum Gasteiger partial charge on any atom is 0.404 e. The first-order valence-corrected chi connectivity index (χ1v) is 43.3. The van der Waals surface area contributed by atoms with Gasteiger partial charge in [0.2, 0.25) is 0 Å². The number of ether oxygens (including phenoxy) is 7. The van der Waals surface area contributed by atoms with Gasteiger partial charge in [-0.2, -0.15) is 0 Å². The van der Waals surface area contributed by atoms with Gasteiger partial charge >= 0.3 is 24.0 Å². The summed E-state index contributed by atoms with van der Waals surface area (Å²) in [4.78, 5) is 71.4. The van der Waals surface area contributed by atoms with E-state index in [4.69, 9.17) is 38.9 Å². The Balaban J connectivity index is 0.000000322. The number of primary amides is 1. The van der Waals surface area contributed by atoms with Gasteiger partial charge in [0, 0.05) is 117 Å². The van der Waals surface area contributed by atoms with E-state index in [1.165, 1.54) is 17.2 Å². The van der Waals surface area contributed by atoms with Crippen LogP contribution in [0.15, 0.2) is 125 Å². The van der Waals surface area contributed by atoms with E-state index in [9.17, 15) is 69.9 Å². The van der Waals surface area contributed by atoms with Crippen LogP contribution in [-0.4, -0.2) is 200 Å². The van der Waals surface area contributed by atoms with Crippen molar-refractivity contribution in [2.45, 2.75) is 293 Å². The minimum absolute atomic E-state index is 0. The molecule has 1 aliphatic carbocycles. The number of rotatable bonds is 25. The molecule has 5 aliphatic heterocycles. The Hall–Kier alpha value is -5.45. The number of hydrogen-bond donors (Lipinski definition) is 10.